The Kier molecular flexibility index (Phi) is 6.63. The van der Waals surface area contributed by atoms with Crippen LogP contribution >= 0.6 is 22.7 Å². The average Bonchev–Trinajstić information content (AvgIpc) is 3.90. The van der Waals surface area contributed by atoms with Crippen molar-refractivity contribution in [2.24, 2.45) is 0 Å². The van der Waals surface area contributed by atoms with Crippen molar-refractivity contribution in [1.29, 1.82) is 0 Å². The first-order valence-corrected chi connectivity index (χ1v) is 19.1. The summed E-state index contributed by atoms with van der Waals surface area (Å²) in [7, 11) is 0. The molecule has 0 saturated heterocycles. The third kappa shape index (κ3) is 4.62. The smallest absolute Gasteiger partial charge is 0.159 e. The molecule has 0 aliphatic heterocycles. The summed E-state index contributed by atoms with van der Waals surface area (Å²) >= 11 is 3.72. The van der Waals surface area contributed by atoms with Crippen molar-refractivity contribution in [2.75, 3.05) is 4.90 Å². The molecule has 11 aromatic rings. The van der Waals surface area contributed by atoms with Gasteiger partial charge in [-0.2, -0.15) is 0 Å². The lowest BCUT2D eigenvalue weighted by Crippen LogP contribution is -2.10. The van der Waals surface area contributed by atoms with Gasteiger partial charge in [0.05, 0.1) is 5.69 Å². The van der Waals surface area contributed by atoms with Crippen LogP contribution in [0.3, 0.4) is 0 Å². The first kappa shape index (κ1) is 29.5. The van der Waals surface area contributed by atoms with E-state index in [-0.39, 0.29) is 0 Å². The third-order valence-corrected chi connectivity index (χ3v) is 12.7. The molecule has 0 amide bonds. The maximum Gasteiger partial charge on any atom is 0.159 e. The van der Waals surface area contributed by atoms with Gasteiger partial charge in [-0.25, -0.2) is 0 Å². The van der Waals surface area contributed by atoms with Crippen molar-refractivity contribution in [3.8, 4) is 22.3 Å². The fourth-order valence-electron chi connectivity index (χ4n) is 7.81. The Labute approximate surface area is 308 Å². The molecule has 0 saturated carbocycles. The van der Waals surface area contributed by atoms with E-state index in [2.05, 4.69) is 175 Å². The Hall–Kier alpha value is -6.20. The molecule has 0 radical (unpaired) electrons. The lowest BCUT2D eigenvalue weighted by Gasteiger charge is -2.26. The van der Waals surface area contributed by atoms with Gasteiger partial charge in [0.2, 0.25) is 0 Å². The third-order valence-electron chi connectivity index (χ3n) is 10.3. The lowest BCUT2D eigenvalue weighted by atomic mass is 10.0. The van der Waals surface area contributed by atoms with Gasteiger partial charge in [0.1, 0.15) is 5.58 Å². The molecule has 0 atom stereocenters. The number of nitrogens with zero attached hydrogens (tertiary/aromatic N) is 1. The Balaban J connectivity index is 1.04. The van der Waals surface area contributed by atoms with Crippen molar-refractivity contribution < 1.29 is 4.42 Å². The van der Waals surface area contributed by atoms with E-state index in [0.717, 1.165) is 39.0 Å². The van der Waals surface area contributed by atoms with E-state index in [1.165, 1.54) is 62.6 Å². The maximum absolute atomic E-state index is 6.60. The highest BCUT2D eigenvalue weighted by Gasteiger charge is 2.20. The normalized spacial score (nSPS) is 11.8. The fourth-order valence-corrected chi connectivity index (χ4v) is 10.1. The van der Waals surface area contributed by atoms with Crippen LogP contribution in [-0.2, 0) is 0 Å². The Morgan fingerprint density at radius 1 is 0.385 bits per heavy atom. The monoisotopic (exact) mass is 699 g/mol. The van der Waals surface area contributed by atoms with Crippen molar-refractivity contribution in [1.82, 2.24) is 0 Å². The van der Waals surface area contributed by atoms with Crippen LogP contribution in [0.5, 0.6) is 0 Å². The van der Waals surface area contributed by atoms with Gasteiger partial charge in [-0.1, -0.05) is 115 Å². The van der Waals surface area contributed by atoms with Gasteiger partial charge in [0.15, 0.2) is 5.58 Å². The molecule has 3 aromatic heterocycles. The van der Waals surface area contributed by atoms with Crippen molar-refractivity contribution in [2.45, 2.75) is 0 Å². The zero-order valence-corrected chi connectivity index (χ0v) is 29.5. The molecule has 0 aliphatic carbocycles. The molecule has 2 nitrogen and oxygen atoms in total. The second-order valence-corrected chi connectivity index (χ2v) is 15.4. The molecule has 0 N–H and O–H groups in total. The number of furan rings is 1. The van der Waals surface area contributed by atoms with E-state index in [4.69, 9.17) is 4.42 Å². The summed E-state index contributed by atoms with van der Waals surface area (Å²) in [5, 5.41) is 7.49. The van der Waals surface area contributed by atoms with E-state index in [1.807, 2.05) is 28.7 Å². The highest BCUT2D eigenvalue weighted by atomic mass is 32.1. The van der Waals surface area contributed by atoms with Crippen LogP contribution in [0.2, 0.25) is 0 Å². The number of anilines is 3. The summed E-state index contributed by atoms with van der Waals surface area (Å²) in [5.41, 5.74) is 9.78. The SMILES string of the molecule is c1ccc2c(c1)oc1c(N(c3ccc(-c4ccc5sc6ccccc6c5c4)cc3)c3ccc(-c4cccc5c4sc4ccccc45)cc3)cccc12. The molecule has 0 fully saturated rings. The molecule has 244 valence electrons. The highest BCUT2D eigenvalue weighted by Crippen LogP contribution is 2.45. The van der Waals surface area contributed by atoms with Crippen LogP contribution in [-0.4, -0.2) is 0 Å². The zero-order chi connectivity index (χ0) is 34.2. The van der Waals surface area contributed by atoms with Gasteiger partial charge < -0.3 is 9.32 Å². The molecule has 0 unspecified atom stereocenters. The number of hydrogen-bond donors (Lipinski definition) is 0. The van der Waals surface area contributed by atoms with Crippen LogP contribution in [0.25, 0.3) is 84.5 Å². The number of rotatable bonds is 5. The first-order valence-electron chi connectivity index (χ1n) is 17.5. The molecule has 0 bridgehead atoms. The van der Waals surface area contributed by atoms with Crippen LogP contribution in [0.15, 0.2) is 180 Å². The van der Waals surface area contributed by atoms with E-state index < -0.39 is 0 Å². The van der Waals surface area contributed by atoms with Crippen molar-refractivity contribution >= 4 is 102 Å². The van der Waals surface area contributed by atoms with Gasteiger partial charge in [0, 0.05) is 62.5 Å². The van der Waals surface area contributed by atoms with Crippen LogP contribution < -0.4 is 4.90 Å². The lowest BCUT2D eigenvalue weighted by molar-refractivity contribution is 0.669. The van der Waals surface area contributed by atoms with Gasteiger partial charge >= 0.3 is 0 Å². The minimum absolute atomic E-state index is 0.877. The number of hydrogen-bond acceptors (Lipinski definition) is 4. The predicted molar refractivity (Wildman–Crippen MR) is 225 cm³/mol. The second kappa shape index (κ2) is 11.7. The Bertz CT molecular complexity index is 3130. The summed E-state index contributed by atoms with van der Waals surface area (Å²) in [4.78, 5) is 2.33. The summed E-state index contributed by atoms with van der Waals surface area (Å²) in [6.45, 7) is 0. The number of thiophene rings is 2. The highest BCUT2D eigenvalue weighted by molar-refractivity contribution is 7.26. The van der Waals surface area contributed by atoms with E-state index >= 15 is 0 Å². The molecule has 4 heteroatoms. The Morgan fingerprint density at radius 3 is 1.75 bits per heavy atom. The topological polar surface area (TPSA) is 16.4 Å². The van der Waals surface area contributed by atoms with E-state index in [0.29, 0.717) is 0 Å². The standard InChI is InChI=1S/C48H29NOS2/c1-4-16-43-36(9-1)39-13-8-15-42(47(39)50-43)49(33-24-19-30(20-25-33)32-23-28-46-41(29-32)38-11-3-5-17-44(38)51-46)34-26-21-31(22-27-34)35-12-7-14-40-37-10-2-6-18-45(37)52-48(35)40/h1-29H. The van der Waals surface area contributed by atoms with Gasteiger partial charge in [-0.3, -0.25) is 0 Å². The molecular weight excluding hydrogens is 671 g/mol. The average molecular weight is 700 g/mol. The summed E-state index contributed by atoms with van der Waals surface area (Å²) in [5.74, 6) is 0. The minimum atomic E-state index is 0.877. The summed E-state index contributed by atoms with van der Waals surface area (Å²) in [6.07, 6.45) is 0. The Morgan fingerprint density at radius 2 is 0.962 bits per heavy atom. The molecular formula is C48H29NOS2. The van der Waals surface area contributed by atoms with Gasteiger partial charge in [-0.15, -0.1) is 22.7 Å². The summed E-state index contributed by atoms with van der Waals surface area (Å²) < 4.78 is 11.9. The minimum Gasteiger partial charge on any atom is -0.454 e. The number of benzene rings is 8. The number of fused-ring (bicyclic) bond motifs is 9. The summed E-state index contributed by atoms with van der Waals surface area (Å²) in [6, 6.07) is 63.6. The zero-order valence-electron chi connectivity index (χ0n) is 27.9. The molecule has 52 heavy (non-hydrogen) atoms. The van der Waals surface area contributed by atoms with E-state index in [1.54, 1.807) is 0 Å². The molecule has 0 aliphatic rings. The van der Waals surface area contributed by atoms with Crippen LogP contribution in [0.1, 0.15) is 0 Å². The van der Waals surface area contributed by atoms with Gasteiger partial charge in [0.25, 0.3) is 0 Å². The van der Waals surface area contributed by atoms with Gasteiger partial charge in [-0.05, 0) is 82.9 Å². The first-order chi connectivity index (χ1) is 25.8. The quantitative estimate of drug-likeness (QED) is 0.178. The molecule has 11 rings (SSSR count). The van der Waals surface area contributed by atoms with Crippen LogP contribution in [0.4, 0.5) is 17.1 Å². The predicted octanol–water partition coefficient (Wildman–Crippen LogP) is 15.1. The number of para-hydroxylation sites is 2. The molecule has 8 aromatic carbocycles. The van der Waals surface area contributed by atoms with Crippen LogP contribution in [0, 0.1) is 0 Å². The maximum atomic E-state index is 6.60. The van der Waals surface area contributed by atoms with Crippen molar-refractivity contribution in [3.63, 3.8) is 0 Å². The molecule has 0 spiro atoms. The van der Waals surface area contributed by atoms with E-state index in [9.17, 15) is 0 Å². The van der Waals surface area contributed by atoms with Crippen molar-refractivity contribution in [3.05, 3.63) is 176 Å². The molecule has 3 heterocycles. The second-order valence-electron chi connectivity index (χ2n) is 13.3. The fraction of sp³-hybridized carbons (Fsp3) is 0. The largest absolute Gasteiger partial charge is 0.454 e.